The van der Waals surface area contributed by atoms with Crippen LogP contribution in [0, 0.1) is 11.2 Å². The van der Waals surface area contributed by atoms with Gasteiger partial charge in [-0.1, -0.05) is 22.0 Å². The first kappa shape index (κ1) is 14.5. The highest BCUT2D eigenvalue weighted by Crippen LogP contribution is 2.36. The number of nitrogens with one attached hydrogen (secondary N) is 1. The fourth-order valence-electron chi connectivity index (χ4n) is 2.94. The molecule has 1 aliphatic carbocycles. The fraction of sp³-hybridized carbons (Fsp3) is 0.625. The summed E-state index contributed by atoms with van der Waals surface area (Å²) in [6.45, 7) is 2.57. The third-order valence-electron chi connectivity index (χ3n) is 4.48. The quantitative estimate of drug-likeness (QED) is 0.881. The Hall–Kier alpha value is -0.450. The van der Waals surface area contributed by atoms with E-state index in [1.54, 1.807) is 6.07 Å². The van der Waals surface area contributed by atoms with Crippen molar-refractivity contribution in [1.29, 1.82) is 0 Å². The van der Waals surface area contributed by atoms with Gasteiger partial charge in [0.15, 0.2) is 0 Å². The summed E-state index contributed by atoms with van der Waals surface area (Å²) in [5.74, 6) is -0.100. The Morgan fingerprint density at radius 2 is 2.05 bits per heavy atom. The van der Waals surface area contributed by atoms with Gasteiger partial charge >= 0.3 is 0 Å². The Morgan fingerprint density at radius 3 is 2.70 bits per heavy atom. The van der Waals surface area contributed by atoms with Gasteiger partial charge in [-0.25, -0.2) is 4.39 Å². The first-order valence-electron chi connectivity index (χ1n) is 7.42. The molecule has 0 bridgehead atoms. The van der Waals surface area contributed by atoms with Crippen LogP contribution in [-0.4, -0.2) is 25.8 Å². The minimum atomic E-state index is -0.100. The molecule has 4 heteroatoms. The van der Waals surface area contributed by atoms with Gasteiger partial charge < -0.3 is 10.1 Å². The van der Waals surface area contributed by atoms with E-state index in [0.717, 1.165) is 49.1 Å². The summed E-state index contributed by atoms with van der Waals surface area (Å²) in [6, 6.07) is 6.11. The average molecular weight is 342 g/mol. The molecule has 1 N–H and O–H groups in total. The maximum Gasteiger partial charge on any atom is 0.127 e. The van der Waals surface area contributed by atoms with Crippen LogP contribution in [0.2, 0.25) is 0 Å². The van der Waals surface area contributed by atoms with Crippen molar-refractivity contribution in [3.63, 3.8) is 0 Å². The zero-order valence-corrected chi connectivity index (χ0v) is 13.2. The van der Waals surface area contributed by atoms with Gasteiger partial charge in [0.05, 0.1) is 0 Å². The van der Waals surface area contributed by atoms with Crippen molar-refractivity contribution in [1.82, 2.24) is 5.32 Å². The van der Waals surface area contributed by atoms with Crippen molar-refractivity contribution in [3.8, 4) is 0 Å². The smallest absolute Gasteiger partial charge is 0.127 e. The lowest BCUT2D eigenvalue weighted by molar-refractivity contribution is 0.0144. The molecule has 2 fully saturated rings. The molecular formula is C16H21BrFNO. The van der Waals surface area contributed by atoms with Crippen LogP contribution in [-0.2, 0) is 11.2 Å². The Bertz CT molecular complexity index is 470. The molecule has 1 aromatic carbocycles. The number of rotatable bonds is 5. The summed E-state index contributed by atoms with van der Waals surface area (Å²) in [5, 5.41) is 3.63. The van der Waals surface area contributed by atoms with Crippen molar-refractivity contribution in [2.75, 3.05) is 19.8 Å². The van der Waals surface area contributed by atoms with Crippen LogP contribution in [0.25, 0.3) is 0 Å². The summed E-state index contributed by atoms with van der Waals surface area (Å²) >= 11 is 3.32. The van der Waals surface area contributed by atoms with E-state index in [-0.39, 0.29) is 11.2 Å². The maximum atomic E-state index is 14.1. The summed E-state index contributed by atoms with van der Waals surface area (Å²) in [6.07, 6.45) is 5.41. The van der Waals surface area contributed by atoms with Gasteiger partial charge in [0.1, 0.15) is 5.82 Å². The molecule has 1 saturated heterocycles. The van der Waals surface area contributed by atoms with Gasteiger partial charge in [-0.3, -0.25) is 0 Å². The van der Waals surface area contributed by atoms with Crippen molar-refractivity contribution >= 4 is 15.9 Å². The molecule has 0 amide bonds. The van der Waals surface area contributed by atoms with Gasteiger partial charge in [-0.15, -0.1) is 0 Å². The largest absolute Gasteiger partial charge is 0.381 e. The van der Waals surface area contributed by atoms with Gasteiger partial charge in [0.25, 0.3) is 0 Å². The lowest BCUT2D eigenvalue weighted by Crippen LogP contribution is -2.41. The van der Waals surface area contributed by atoms with Crippen molar-refractivity contribution in [2.45, 2.75) is 38.1 Å². The predicted molar refractivity (Wildman–Crippen MR) is 81.3 cm³/mol. The molecule has 1 heterocycles. The van der Waals surface area contributed by atoms with Crippen LogP contribution in [0.3, 0.4) is 0 Å². The topological polar surface area (TPSA) is 21.3 Å². The Kier molecular flexibility index (Phi) is 4.43. The van der Waals surface area contributed by atoms with Gasteiger partial charge in [0, 0.05) is 30.3 Å². The highest BCUT2D eigenvalue weighted by atomic mass is 79.9. The molecule has 1 aliphatic heterocycles. The van der Waals surface area contributed by atoms with Crippen LogP contribution in [0.4, 0.5) is 4.39 Å². The second kappa shape index (κ2) is 6.12. The highest BCUT2D eigenvalue weighted by molar-refractivity contribution is 9.10. The molecule has 0 atom stereocenters. The Morgan fingerprint density at radius 1 is 1.30 bits per heavy atom. The standard InChI is InChI=1S/C16H21BrFNO/c17-13-2-1-12(15(18)9-13)10-16(5-7-20-8-6-16)11-19-14-3-4-14/h1-2,9,14,19H,3-8,10-11H2. The summed E-state index contributed by atoms with van der Waals surface area (Å²) in [4.78, 5) is 0. The summed E-state index contributed by atoms with van der Waals surface area (Å²) in [5.41, 5.74) is 0.975. The predicted octanol–water partition coefficient (Wildman–Crippen LogP) is 3.68. The molecule has 2 nitrogen and oxygen atoms in total. The lowest BCUT2D eigenvalue weighted by Gasteiger charge is -2.38. The first-order chi connectivity index (χ1) is 9.67. The summed E-state index contributed by atoms with van der Waals surface area (Å²) < 4.78 is 20.4. The molecule has 0 spiro atoms. The lowest BCUT2D eigenvalue weighted by atomic mass is 9.75. The van der Waals surface area contributed by atoms with Gasteiger partial charge in [0.2, 0.25) is 0 Å². The van der Waals surface area contributed by atoms with Crippen molar-refractivity contribution < 1.29 is 9.13 Å². The van der Waals surface area contributed by atoms with Crippen LogP contribution >= 0.6 is 15.9 Å². The van der Waals surface area contributed by atoms with Gasteiger partial charge in [-0.2, -0.15) is 0 Å². The zero-order chi connectivity index (χ0) is 14.0. The third kappa shape index (κ3) is 3.60. The number of benzene rings is 1. The molecule has 1 aromatic rings. The molecule has 0 aromatic heterocycles. The van der Waals surface area contributed by atoms with Crippen molar-refractivity contribution in [2.24, 2.45) is 5.41 Å². The summed E-state index contributed by atoms with van der Waals surface area (Å²) in [7, 11) is 0. The zero-order valence-electron chi connectivity index (χ0n) is 11.6. The number of ether oxygens (including phenoxy) is 1. The fourth-order valence-corrected chi connectivity index (χ4v) is 3.27. The molecule has 110 valence electrons. The van der Waals surface area contributed by atoms with E-state index >= 15 is 0 Å². The van der Waals surface area contributed by atoms with Crippen LogP contribution in [0.5, 0.6) is 0 Å². The van der Waals surface area contributed by atoms with Gasteiger partial charge in [-0.05, 0) is 55.2 Å². The molecule has 2 aliphatic rings. The average Bonchev–Trinajstić information content (AvgIpc) is 3.25. The van der Waals surface area contributed by atoms with E-state index in [9.17, 15) is 4.39 Å². The number of hydrogen-bond acceptors (Lipinski definition) is 2. The SMILES string of the molecule is Fc1cc(Br)ccc1CC1(CNC2CC2)CCOCC1. The number of hydrogen-bond donors (Lipinski definition) is 1. The van der Waals surface area contributed by atoms with E-state index in [0.29, 0.717) is 6.04 Å². The van der Waals surface area contributed by atoms with Crippen LogP contribution in [0.1, 0.15) is 31.2 Å². The van der Waals surface area contributed by atoms with E-state index in [1.807, 2.05) is 12.1 Å². The Balaban J connectivity index is 1.73. The monoisotopic (exact) mass is 341 g/mol. The van der Waals surface area contributed by atoms with Crippen LogP contribution < -0.4 is 5.32 Å². The Labute approximate surface area is 128 Å². The highest BCUT2D eigenvalue weighted by Gasteiger charge is 2.35. The van der Waals surface area contributed by atoms with E-state index in [1.165, 1.54) is 12.8 Å². The van der Waals surface area contributed by atoms with E-state index in [2.05, 4.69) is 21.2 Å². The second-order valence-corrected chi connectivity index (χ2v) is 7.10. The minimum absolute atomic E-state index is 0.100. The third-order valence-corrected chi connectivity index (χ3v) is 4.97. The van der Waals surface area contributed by atoms with E-state index in [4.69, 9.17) is 4.74 Å². The molecule has 1 saturated carbocycles. The number of halogens is 2. The molecule has 0 radical (unpaired) electrons. The normalized spacial score (nSPS) is 21.9. The molecule has 0 unspecified atom stereocenters. The molecular weight excluding hydrogens is 321 g/mol. The molecule has 20 heavy (non-hydrogen) atoms. The minimum Gasteiger partial charge on any atom is -0.381 e. The van der Waals surface area contributed by atoms with E-state index < -0.39 is 0 Å². The van der Waals surface area contributed by atoms with Crippen LogP contribution in [0.15, 0.2) is 22.7 Å². The van der Waals surface area contributed by atoms with Crippen molar-refractivity contribution in [3.05, 3.63) is 34.1 Å². The maximum absolute atomic E-state index is 14.1. The first-order valence-corrected chi connectivity index (χ1v) is 8.21. The molecule has 3 rings (SSSR count). The second-order valence-electron chi connectivity index (χ2n) is 6.18.